The number of benzene rings is 1. The van der Waals surface area contributed by atoms with Crippen LogP contribution < -0.4 is 0 Å². The molecule has 2 heterocycles. The molecule has 3 aromatic rings. The van der Waals surface area contributed by atoms with Crippen LogP contribution in [0.1, 0.15) is 28.7 Å². The van der Waals surface area contributed by atoms with Crippen molar-refractivity contribution < 1.29 is 4.79 Å². The summed E-state index contributed by atoms with van der Waals surface area (Å²) in [5.74, 6) is 0.642. The Labute approximate surface area is 135 Å². The van der Waals surface area contributed by atoms with Crippen molar-refractivity contribution in [2.75, 3.05) is 7.05 Å². The normalized spacial score (nSPS) is 10.7. The predicted molar refractivity (Wildman–Crippen MR) is 89.0 cm³/mol. The van der Waals surface area contributed by atoms with Crippen molar-refractivity contribution in [3.63, 3.8) is 0 Å². The third kappa shape index (κ3) is 3.34. The summed E-state index contributed by atoms with van der Waals surface area (Å²) in [5, 5.41) is 1.07. The van der Waals surface area contributed by atoms with Gasteiger partial charge in [0.2, 0.25) is 0 Å². The molecule has 0 spiro atoms. The van der Waals surface area contributed by atoms with Gasteiger partial charge in [-0.05, 0) is 17.7 Å². The van der Waals surface area contributed by atoms with Gasteiger partial charge in [-0.1, -0.05) is 25.1 Å². The summed E-state index contributed by atoms with van der Waals surface area (Å²) in [6, 6.07) is 9.99. The molecule has 0 aliphatic carbocycles. The van der Waals surface area contributed by atoms with Crippen LogP contribution in [0.3, 0.4) is 0 Å². The molecule has 0 saturated carbocycles. The van der Waals surface area contributed by atoms with E-state index in [1.165, 1.54) is 0 Å². The zero-order valence-electron chi connectivity index (χ0n) is 13.2. The first-order chi connectivity index (χ1) is 11.2. The molecule has 0 fully saturated rings. The number of hydrogen-bond acceptors (Lipinski definition) is 4. The maximum atomic E-state index is 12.4. The van der Waals surface area contributed by atoms with Gasteiger partial charge in [-0.2, -0.15) is 0 Å². The molecule has 0 unspecified atom stereocenters. The van der Waals surface area contributed by atoms with Crippen molar-refractivity contribution in [2.24, 2.45) is 0 Å². The van der Waals surface area contributed by atoms with Gasteiger partial charge in [0, 0.05) is 44.0 Å². The van der Waals surface area contributed by atoms with Crippen LogP contribution in [0.5, 0.6) is 0 Å². The third-order valence-electron chi connectivity index (χ3n) is 3.68. The van der Waals surface area contributed by atoms with Crippen molar-refractivity contribution in [2.45, 2.75) is 19.9 Å². The van der Waals surface area contributed by atoms with Crippen molar-refractivity contribution in [1.29, 1.82) is 0 Å². The average Bonchev–Trinajstić information content (AvgIpc) is 2.61. The van der Waals surface area contributed by atoms with E-state index in [-0.39, 0.29) is 5.91 Å². The highest BCUT2D eigenvalue weighted by Crippen LogP contribution is 2.14. The fourth-order valence-electron chi connectivity index (χ4n) is 2.42. The van der Waals surface area contributed by atoms with Gasteiger partial charge < -0.3 is 4.90 Å². The molecule has 5 heteroatoms. The summed E-state index contributed by atoms with van der Waals surface area (Å²) in [5.41, 5.74) is 2.44. The van der Waals surface area contributed by atoms with Crippen molar-refractivity contribution in [3.05, 3.63) is 65.9 Å². The standard InChI is InChI=1S/C18H18N4O/c1-3-17-20-10-15(11-21-17)18(23)22(2)12-13-8-14-6-4-5-7-16(14)19-9-13/h4-11H,3,12H2,1-2H3. The first kappa shape index (κ1) is 15.1. The lowest BCUT2D eigenvalue weighted by atomic mass is 10.1. The van der Waals surface area contributed by atoms with E-state index in [1.54, 1.807) is 24.3 Å². The van der Waals surface area contributed by atoms with Crippen molar-refractivity contribution >= 4 is 16.8 Å². The minimum absolute atomic E-state index is 0.0965. The Morgan fingerprint density at radius 3 is 2.57 bits per heavy atom. The lowest BCUT2D eigenvalue weighted by Gasteiger charge is -2.17. The summed E-state index contributed by atoms with van der Waals surface area (Å²) in [4.78, 5) is 26.9. The Hall–Kier alpha value is -2.82. The number of hydrogen-bond donors (Lipinski definition) is 0. The second kappa shape index (κ2) is 6.52. The number of carbonyl (C=O) groups excluding carboxylic acids is 1. The Bertz CT molecular complexity index is 830. The fourth-order valence-corrected chi connectivity index (χ4v) is 2.42. The molecular formula is C18H18N4O. The number of para-hydroxylation sites is 1. The molecular weight excluding hydrogens is 288 g/mol. The highest BCUT2D eigenvalue weighted by atomic mass is 16.2. The van der Waals surface area contributed by atoms with E-state index >= 15 is 0 Å². The van der Waals surface area contributed by atoms with Crippen LogP contribution in [0.2, 0.25) is 0 Å². The monoisotopic (exact) mass is 306 g/mol. The molecule has 0 bridgehead atoms. The zero-order chi connectivity index (χ0) is 16.2. The molecule has 3 rings (SSSR count). The quantitative estimate of drug-likeness (QED) is 0.743. The molecule has 1 amide bonds. The molecule has 1 aromatic carbocycles. The van der Waals surface area contributed by atoms with Gasteiger partial charge in [-0.3, -0.25) is 9.78 Å². The van der Waals surface area contributed by atoms with Crippen LogP contribution in [0, 0.1) is 0 Å². The van der Waals surface area contributed by atoms with Crippen LogP contribution in [0.25, 0.3) is 10.9 Å². The summed E-state index contributed by atoms with van der Waals surface area (Å²) in [7, 11) is 1.77. The molecule has 116 valence electrons. The minimum Gasteiger partial charge on any atom is -0.337 e. The molecule has 2 aromatic heterocycles. The number of nitrogens with zero attached hydrogens (tertiary/aromatic N) is 4. The van der Waals surface area contributed by atoms with E-state index in [4.69, 9.17) is 0 Å². The Balaban J connectivity index is 1.76. The van der Waals surface area contributed by atoms with Gasteiger partial charge in [0.25, 0.3) is 5.91 Å². The summed E-state index contributed by atoms with van der Waals surface area (Å²) < 4.78 is 0. The summed E-state index contributed by atoms with van der Waals surface area (Å²) in [6.45, 7) is 2.47. The highest BCUT2D eigenvalue weighted by molar-refractivity contribution is 5.93. The van der Waals surface area contributed by atoms with Gasteiger partial charge in [-0.15, -0.1) is 0 Å². The van der Waals surface area contributed by atoms with Gasteiger partial charge >= 0.3 is 0 Å². The Morgan fingerprint density at radius 2 is 1.83 bits per heavy atom. The van der Waals surface area contributed by atoms with Gasteiger partial charge in [0.1, 0.15) is 5.82 Å². The predicted octanol–water partition coefficient (Wildman–Crippen LogP) is 2.86. The second-order valence-corrected chi connectivity index (χ2v) is 5.44. The Kier molecular flexibility index (Phi) is 4.28. The lowest BCUT2D eigenvalue weighted by molar-refractivity contribution is 0.0784. The number of fused-ring (bicyclic) bond motifs is 1. The van der Waals surface area contributed by atoms with E-state index in [0.717, 1.165) is 28.7 Å². The van der Waals surface area contributed by atoms with E-state index in [1.807, 2.05) is 37.4 Å². The van der Waals surface area contributed by atoms with Crippen molar-refractivity contribution in [1.82, 2.24) is 19.9 Å². The van der Waals surface area contributed by atoms with Crippen LogP contribution in [-0.2, 0) is 13.0 Å². The maximum Gasteiger partial charge on any atom is 0.257 e. The second-order valence-electron chi connectivity index (χ2n) is 5.44. The molecule has 0 N–H and O–H groups in total. The average molecular weight is 306 g/mol. The number of amides is 1. The number of aryl methyl sites for hydroxylation is 1. The topological polar surface area (TPSA) is 59.0 Å². The smallest absolute Gasteiger partial charge is 0.257 e. The first-order valence-electron chi connectivity index (χ1n) is 7.57. The van der Waals surface area contributed by atoms with Crippen LogP contribution in [0.4, 0.5) is 0 Å². The van der Waals surface area contributed by atoms with Crippen LogP contribution in [0.15, 0.2) is 48.9 Å². The van der Waals surface area contributed by atoms with E-state index in [0.29, 0.717) is 12.1 Å². The summed E-state index contributed by atoms with van der Waals surface area (Å²) >= 11 is 0. The van der Waals surface area contributed by atoms with Gasteiger partial charge in [0.05, 0.1) is 11.1 Å². The number of rotatable bonds is 4. The number of pyridine rings is 1. The third-order valence-corrected chi connectivity index (χ3v) is 3.68. The molecule has 0 saturated heterocycles. The summed E-state index contributed by atoms with van der Waals surface area (Å²) in [6.07, 6.45) is 5.74. The minimum atomic E-state index is -0.0965. The molecule has 0 radical (unpaired) electrons. The molecule has 23 heavy (non-hydrogen) atoms. The van der Waals surface area contributed by atoms with Crippen molar-refractivity contribution in [3.8, 4) is 0 Å². The van der Waals surface area contributed by atoms with Gasteiger partial charge in [-0.25, -0.2) is 9.97 Å². The SMILES string of the molecule is CCc1ncc(C(=O)N(C)Cc2cnc3ccccc3c2)cn1. The highest BCUT2D eigenvalue weighted by Gasteiger charge is 2.13. The molecule has 0 aliphatic heterocycles. The zero-order valence-corrected chi connectivity index (χ0v) is 13.2. The Morgan fingerprint density at radius 1 is 1.09 bits per heavy atom. The largest absolute Gasteiger partial charge is 0.337 e. The maximum absolute atomic E-state index is 12.4. The van der Waals surface area contributed by atoms with E-state index < -0.39 is 0 Å². The van der Waals surface area contributed by atoms with Crippen LogP contribution >= 0.6 is 0 Å². The molecule has 0 atom stereocenters. The van der Waals surface area contributed by atoms with Gasteiger partial charge in [0.15, 0.2) is 0 Å². The van der Waals surface area contributed by atoms with Crippen LogP contribution in [-0.4, -0.2) is 32.8 Å². The molecule has 0 aliphatic rings. The number of aromatic nitrogens is 3. The number of carbonyl (C=O) groups is 1. The van der Waals surface area contributed by atoms with E-state index in [9.17, 15) is 4.79 Å². The fraction of sp³-hybridized carbons (Fsp3) is 0.222. The molecule has 5 nitrogen and oxygen atoms in total. The first-order valence-corrected chi connectivity index (χ1v) is 7.57. The lowest BCUT2D eigenvalue weighted by Crippen LogP contribution is -2.26. The van der Waals surface area contributed by atoms with E-state index in [2.05, 4.69) is 21.0 Å².